The fraction of sp³-hybridized carbons (Fsp3) is 0.588. The van der Waals surface area contributed by atoms with E-state index in [1.165, 1.54) is 0 Å². The van der Waals surface area contributed by atoms with Crippen molar-refractivity contribution in [2.75, 3.05) is 38.0 Å². The smallest absolute Gasteiger partial charge is 0.243 e. The lowest BCUT2D eigenvalue weighted by Gasteiger charge is -2.33. The van der Waals surface area contributed by atoms with Crippen LogP contribution in [0.2, 0.25) is 0 Å². The van der Waals surface area contributed by atoms with Crippen LogP contribution in [0.1, 0.15) is 26.7 Å². The first-order valence-electron chi connectivity index (χ1n) is 8.73. The average Bonchev–Trinajstić information content (AvgIpc) is 2.71. The van der Waals surface area contributed by atoms with Crippen LogP contribution in [0.15, 0.2) is 28.0 Å². The molecule has 1 N–H and O–H groups in total. The number of hydrogen-bond acceptors (Lipinski definition) is 5. The molecule has 0 bridgehead atoms. The summed E-state index contributed by atoms with van der Waals surface area (Å²) in [7, 11) is -3.53. The summed E-state index contributed by atoms with van der Waals surface area (Å²) in [4.78, 5) is 15.4. The summed E-state index contributed by atoms with van der Waals surface area (Å²) >= 11 is 1.60. The molecule has 1 atom stereocenters. The van der Waals surface area contributed by atoms with Gasteiger partial charge in [0.15, 0.2) is 0 Å². The molecule has 2 heterocycles. The van der Waals surface area contributed by atoms with Crippen LogP contribution in [0, 0.1) is 0 Å². The number of nitrogens with zero attached hydrogens (tertiary/aromatic N) is 2. The molecule has 3 rings (SSSR count). The molecule has 0 radical (unpaired) electrons. The molecule has 0 aliphatic carbocycles. The Bertz CT molecular complexity index is 744. The number of rotatable bonds is 4. The SMILES string of the molecule is CCCN1CCN(S(=O)(=O)c2ccc3c(c2)NC(=O)C[C@@H](C)S3)CC1. The molecule has 0 aromatic heterocycles. The van der Waals surface area contributed by atoms with Gasteiger partial charge in [-0.1, -0.05) is 13.8 Å². The summed E-state index contributed by atoms with van der Waals surface area (Å²) in [6.07, 6.45) is 1.51. The first kappa shape index (κ1) is 18.7. The second-order valence-electron chi connectivity index (χ2n) is 6.58. The van der Waals surface area contributed by atoms with E-state index in [-0.39, 0.29) is 16.1 Å². The summed E-state index contributed by atoms with van der Waals surface area (Å²) < 4.78 is 27.5. The highest BCUT2D eigenvalue weighted by molar-refractivity contribution is 8.00. The molecule has 25 heavy (non-hydrogen) atoms. The third-order valence-electron chi connectivity index (χ3n) is 4.53. The van der Waals surface area contributed by atoms with Crippen molar-refractivity contribution in [3.63, 3.8) is 0 Å². The number of anilines is 1. The van der Waals surface area contributed by atoms with Gasteiger partial charge >= 0.3 is 0 Å². The minimum Gasteiger partial charge on any atom is -0.325 e. The Morgan fingerprint density at radius 2 is 1.96 bits per heavy atom. The molecule has 1 amide bonds. The lowest BCUT2D eigenvalue weighted by atomic mass is 10.3. The van der Waals surface area contributed by atoms with Gasteiger partial charge < -0.3 is 10.2 Å². The summed E-state index contributed by atoms with van der Waals surface area (Å²) in [6, 6.07) is 5.07. The number of benzene rings is 1. The molecular weight excluding hydrogens is 358 g/mol. The quantitative estimate of drug-likeness (QED) is 0.863. The maximum Gasteiger partial charge on any atom is 0.243 e. The van der Waals surface area contributed by atoms with Crippen molar-refractivity contribution in [3.05, 3.63) is 18.2 Å². The molecule has 2 aliphatic heterocycles. The number of nitrogens with one attached hydrogen (secondary N) is 1. The molecule has 1 aromatic carbocycles. The van der Waals surface area contributed by atoms with Gasteiger partial charge in [0.25, 0.3) is 0 Å². The van der Waals surface area contributed by atoms with Crippen molar-refractivity contribution >= 4 is 33.4 Å². The Labute approximate surface area is 154 Å². The first-order valence-corrected chi connectivity index (χ1v) is 11.0. The van der Waals surface area contributed by atoms with Crippen LogP contribution >= 0.6 is 11.8 Å². The fourth-order valence-corrected chi connectivity index (χ4v) is 5.75. The molecule has 0 saturated carbocycles. The highest BCUT2D eigenvalue weighted by atomic mass is 32.2. The van der Waals surface area contributed by atoms with Gasteiger partial charge in [-0.25, -0.2) is 8.42 Å². The molecule has 0 unspecified atom stereocenters. The highest BCUT2D eigenvalue weighted by Gasteiger charge is 2.29. The normalized spacial score (nSPS) is 23.0. The number of thioether (sulfide) groups is 1. The van der Waals surface area contributed by atoms with Gasteiger partial charge in [-0.05, 0) is 31.2 Å². The van der Waals surface area contributed by atoms with E-state index in [9.17, 15) is 13.2 Å². The average molecular weight is 384 g/mol. The third-order valence-corrected chi connectivity index (χ3v) is 7.61. The van der Waals surface area contributed by atoms with E-state index in [2.05, 4.69) is 17.1 Å². The standard InChI is InChI=1S/C17H25N3O3S2/c1-3-6-19-7-9-20(10-8-19)25(22,23)14-4-5-16-15(12-14)18-17(21)11-13(2)24-16/h4-5,12-13H,3,6-11H2,1-2H3,(H,18,21)/t13-/m1/s1. The van der Waals surface area contributed by atoms with Gasteiger partial charge in [0.05, 0.1) is 10.6 Å². The van der Waals surface area contributed by atoms with Crippen LogP contribution in [0.5, 0.6) is 0 Å². The largest absolute Gasteiger partial charge is 0.325 e. The molecule has 138 valence electrons. The first-order chi connectivity index (χ1) is 11.9. The van der Waals surface area contributed by atoms with Crippen molar-refractivity contribution in [2.45, 2.75) is 41.7 Å². The molecule has 6 nitrogen and oxygen atoms in total. The van der Waals surface area contributed by atoms with Crippen molar-refractivity contribution in [3.8, 4) is 0 Å². The third kappa shape index (κ3) is 4.19. The molecule has 1 fully saturated rings. The summed E-state index contributed by atoms with van der Waals surface area (Å²) in [5.41, 5.74) is 0.602. The summed E-state index contributed by atoms with van der Waals surface area (Å²) in [5, 5.41) is 3.02. The predicted octanol–water partition coefficient (Wildman–Crippen LogP) is 2.23. The highest BCUT2D eigenvalue weighted by Crippen LogP contribution is 2.36. The number of carbonyl (C=O) groups excluding carboxylic acids is 1. The second-order valence-corrected chi connectivity index (χ2v) is 10.0. The van der Waals surface area contributed by atoms with Gasteiger partial charge in [0, 0.05) is 42.7 Å². The van der Waals surface area contributed by atoms with E-state index in [1.54, 1.807) is 28.2 Å². The second kappa shape index (κ2) is 7.65. The van der Waals surface area contributed by atoms with E-state index >= 15 is 0 Å². The monoisotopic (exact) mass is 383 g/mol. The van der Waals surface area contributed by atoms with E-state index in [4.69, 9.17) is 0 Å². The Hall–Kier alpha value is -1.09. The number of sulfonamides is 1. The van der Waals surface area contributed by atoms with Gasteiger partial charge in [0.2, 0.25) is 15.9 Å². The predicted molar refractivity (Wildman–Crippen MR) is 100 cm³/mol. The summed E-state index contributed by atoms with van der Waals surface area (Å²) in [6.45, 7) is 7.69. The van der Waals surface area contributed by atoms with Crippen molar-refractivity contribution in [1.82, 2.24) is 9.21 Å². The van der Waals surface area contributed by atoms with Gasteiger partial charge in [-0.15, -0.1) is 11.8 Å². The minimum atomic E-state index is -3.53. The number of piperazine rings is 1. The van der Waals surface area contributed by atoms with Crippen LogP contribution in [-0.2, 0) is 14.8 Å². The molecule has 1 aromatic rings. The van der Waals surface area contributed by atoms with E-state index < -0.39 is 10.0 Å². The van der Waals surface area contributed by atoms with E-state index in [0.29, 0.717) is 25.2 Å². The van der Waals surface area contributed by atoms with Crippen molar-refractivity contribution in [1.29, 1.82) is 0 Å². The molecular formula is C17H25N3O3S2. The van der Waals surface area contributed by atoms with Gasteiger partial charge in [0.1, 0.15) is 0 Å². The molecule has 2 aliphatic rings. The van der Waals surface area contributed by atoms with Crippen LogP contribution in [0.3, 0.4) is 0 Å². The zero-order valence-corrected chi connectivity index (χ0v) is 16.3. The lowest BCUT2D eigenvalue weighted by Crippen LogP contribution is -2.48. The number of hydrogen-bond donors (Lipinski definition) is 1. The zero-order chi connectivity index (χ0) is 18.0. The molecule has 0 spiro atoms. The number of fused-ring (bicyclic) bond motifs is 1. The number of carbonyl (C=O) groups is 1. The van der Waals surface area contributed by atoms with Crippen molar-refractivity contribution in [2.24, 2.45) is 0 Å². The minimum absolute atomic E-state index is 0.0681. The molecule has 8 heteroatoms. The van der Waals surface area contributed by atoms with Crippen LogP contribution in [0.25, 0.3) is 0 Å². The zero-order valence-electron chi connectivity index (χ0n) is 14.7. The Kier molecular flexibility index (Phi) is 5.72. The maximum absolute atomic E-state index is 13.0. The topological polar surface area (TPSA) is 69.7 Å². The van der Waals surface area contributed by atoms with Crippen LogP contribution in [0.4, 0.5) is 5.69 Å². The van der Waals surface area contributed by atoms with E-state index in [1.807, 2.05) is 13.0 Å². The fourth-order valence-electron chi connectivity index (χ4n) is 3.25. The number of amides is 1. The van der Waals surface area contributed by atoms with Gasteiger partial charge in [-0.3, -0.25) is 4.79 Å². The summed E-state index contributed by atoms with van der Waals surface area (Å²) in [5.74, 6) is -0.0681. The Balaban J connectivity index is 1.81. The van der Waals surface area contributed by atoms with Crippen LogP contribution < -0.4 is 5.32 Å². The van der Waals surface area contributed by atoms with E-state index in [0.717, 1.165) is 31.0 Å². The maximum atomic E-state index is 13.0. The Morgan fingerprint density at radius 3 is 2.64 bits per heavy atom. The lowest BCUT2D eigenvalue weighted by molar-refractivity contribution is -0.116. The van der Waals surface area contributed by atoms with Crippen LogP contribution in [-0.4, -0.2) is 61.5 Å². The van der Waals surface area contributed by atoms with Crippen molar-refractivity contribution < 1.29 is 13.2 Å². The molecule has 1 saturated heterocycles. The Morgan fingerprint density at radius 1 is 1.24 bits per heavy atom. The van der Waals surface area contributed by atoms with Gasteiger partial charge in [-0.2, -0.15) is 4.31 Å².